The minimum Gasteiger partial charge on any atom is -0.337 e. The van der Waals surface area contributed by atoms with Crippen LogP contribution in [-0.4, -0.2) is 106 Å². The number of nitrogens with zero attached hydrogens (tertiary/aromatic N) is 3. The van der Waals surface area contributed by atoms with Crippen LogP contribution in [0.1, 0.15) is 113 Å². The van der Waals surface area contributed by atoms with Crippen molar-refractivity contribution in [2.45, 2.75) is 118 Å². The molecule has 1 aromatic carbocycles. The first-order valence-corrected chi connectivity index (χ1v) is 17.9. The van der Waals surface area contributed by atoms with Gasteiger partial charge in [0, 0.05) is 73.7 Å². The maximum absolute atomic E-state index is 13.4. The Bertz CT molecular complexity index is 1300. The summed E-state index contributed by atoms with van der Waals surface area (Å²) in [5.74, 6) is -2.42. The van der Waals surface area contributed by atoms with Crippen molar-refractivity contribution in [3.8, 4) is 0 Å². The molecule has 0 saturated carbocycles. The second-order valence-electron chi connectivity index (χ2n) is 15.3. The Morgan fingerprint density at radius 1 is 0.549 bits per heavy atom. The summed E-state index contributed by atoms with van der Waals surface area (Å²) in [7, 11) is 0. The van der Waals surface area contributed by atoms with Gasteiger partial charge in [-0.15, -0.1) is 0 Å². The standard InChI is InChI=1S/C36H54N6O9/c1-19(2)16-40-22(7)10-28(34(40)46)49-37-31(43)25-13-26(32(44)38-50-29-11-23(8)41(35(29)47)17-20(3)4)15-27(14-25)33(45)39-51-30-12-24(9)42(36(30)48)18-21(5)6/h13-15,19-24,28-30H,10-12,16-18H2,1-9H3,(H,37,43)(H,38,44)(H,39,45)/t22?,23?,24?,28-,29-,30-/m1/s1. The number of benzene rings is 1. The molecule has 3 aliphatic heterocycles. The summed E-state index contributed by atoms with van der Waals surface area (Å²) in [6.45, 7) is 19.4. The highest BCUT2D eigenvalue weighted by Crippen LogP contribution is 2.25. The predicted molar refractivity (Wildman–Crippen MR) is 185 cm³/mol. The zero-order valence-electron chi connectivity index (χ0n) is 31.2. The van der Waals surface area contributed by atoms with Crippen LogP contribution in [0.25, 0.3) is 0 Å². The van der Waals surface area contributed by atoms with Gasteiger partial charge in [0.15, 0.2) is 18.3 Å². The molecule has 0 radical (unpaired) electrons. The molecule has 3 heterocycles. The molecule has 6 atom stereocenters. The molecule has 0 aliphatic carbocycles. The number of rotatable bonds is 15. The average molecular weight is 715 g/mol. The van der Waals surface area contributed by atoms with Crippen LogP contribution in [0.15, 0.2) is 18.2 Å². The molecule has 4 rings (SSSR count). The van der Waals surface area contributed by atoms with Crippen LogP contribution in [0.2, 0.25) is 0 Å². The zero-order valence-corrected chi connectivity index (χ0v) is 31.2. The van der Waals surface area contributed by atoms with Gasteiger partial charge in [0.1, 0.15) is 0 Å². The molecule has 0 spiro atoms. The van der Waals surface area contributed by atoms with E-state index in [0.29, 0.717) is 38.9 Å². The molecule has 3 aliphatic rings. The highest BCUT2D eigenvalue weighted by atomic mass is 16.7. The van der Waals surface area contributed by atoms with Gasteiger partial charge in [0.25, 0.3) is 35.4 Å². The Kier molecular flexibility index (Phi) is 13.2. The molecule has 6 amide bonds. The number of nitrogens with one attached hydrogen (secondary N) is 3. The third kappa shape index (κ3) is 9.83. The van der Waals surface area contributed by atoms with Gasteiger partial charge in [0.05, 0.1) is 0 Å². The highest BCUT2D eigenvalue weighted by molar-refractivity contribution is 6.04. The van der Waals surface area contributed by atoms with E-state index < -0.39 is 36.0 Å². The summed E-state index contributed by atoms with van der Waals surface area (Å²) in [5.41, 5.74) is 6.51. The van der Waals surface area contributed by atoms with Gasteiger partial charge in [-0.1, -0.05) is 41.5 Å². The van der Waals surface area contributed by atoms with E-state index in [1.807, 2.05) is 62.3 Å². The van der Waals surface area contributed by atoms with Gasteiger partial charge >= 0.3 is 0 Å². The molecular weight excluding hydrogens is 660 g/mol. The molecule has 15 nitrogen and oxygen atoms in total. The van der Waals surface area contributed by atoms with Crippen LogP contribution in [0.3, 0.4) is 0 Å². The van der Waals surface area contributed by atoms with E-state index >= 15 is 0 Å². The van der Waals surface area contributed by atoms with Crippen molar-refractivity contribution < 1.29 is 43.3 Å². The van der Waals surface area contributed by atoms with Gasteiger partial charge in [-0.05, 0) is 56.7 Å². The molecule has 0 aromatic heterocycles. The Morgan fingerprint density at radius 3 is 1.00 bits per heavy atom. The molecule has 1 aromatic rings. The Morgan fingerprint density at radius 2 is 0.784 bits per heavy atom. The van der Waals surface area contributed by atoms with Crippen molar-refractivity contribution in [3.05, 3.63) is 34.9 Å². The number of hydrogen-bond donors (Lipinski definition) is 3. The zero-order chi connectivity index (χ0) is 37.7. The van der Waals surface area contributed by atoms with Crippen molar-refractivity contribution in [2.75, 3.05) is 19.6 Å². The Labute approximate surface area is 299 Å². The van der Waals surface area contributed by atoms with Crippen molar-refractivity contribution in [2.24, 2.45) is 17.8 Å². The number of carbonyl (C=O) groups is 6. The maximum Gasteiger partial charge on any atom is 0.274 e. The predicted octanol–water partition coefficient (Wildman–Crippen LogP) is 2.61. The first-order chi connectivity index (χ1) is 24.0. The molecule has 0 bridgehead atoms. The van der Waals surface area contributed by atoms with Gasteiger partial charge in [-0.2, -0.15) is 0 Å². The summed E-state index contributed by atoms with van der Waals surface area (Å²) >= 11 is 0. The monoisotopic (exact) mass is 714 g/mol. The van der Waals surface area contributed by atoms with E-state index in [1.165, 1.54) is 18.2 Å². The third-order valence-electron chi connectivity index (χ3n) is 9.22. The minimum absolute atomic E-state index is 0.0801. The second-order valence-corrected chi connectivity index (χ2v) is 15.3. The van der Waals surface area contributed by atoms with Crippen LogP contribution in [-0.2, 0) is 28.9 Å². The van der Waals surface area contributed by atoms with Crippen LogP contribution in [0.4, 0.5) is 0 Å². The van der Waals surface area contributed by atoms with Gasteiger partial charge in [-0.25, -0.2) is 16.4 Å². The van der Waals surface area contributed by atoms with Crippen LogP contribution in [0, 0.1) is 17.8 Å². The smallest absolute Gasteiger partial charge is 0.274 e. The third-order valence-corrected chi connectivity index (χ3v) is 9.22. The summed E-state index contributed by atoms with van der Waals surface area (Å²) in [6.07, 6.45) is -1.59. The Balaban J connectivity index is 1.49. The number of likely N-dealkylation sites (tertiary alicyclic amines) is 3. The van der Waals surface area contributed by atoms with Crippen molar-refractivity contribution in [3.63, 3.8) is 0 Å². The molecule has 282 valence electrons. The van der Waals surface area contributed by atoms with Crippen molar-refractivity contribution >= 4 is 35.4 Å². The largest absolute Gasteiger partial charge is 0.337 e. The minimum atomic E-state index is -0.901. The molecular formula is C36H54N6O9. The SMILES string of the molecule is CC(C)CN1C(=O)[C@H](ONC(=O)c2cc(C(=O)NO[C@@H]3CC(C)N(CC(C)C)C3=O)cc(C(=O)NO[C@@H]3CC(C)N(CC(C)C)C3=O)c2)CC1C. The van der Waals surface area contributed by atoms with Gasteiger partial charge in [-0.3, -0.25) is 43.3 Å². The Hall–Kier alpha value is -4.08. The molecule has 3 fully saturated rings. The number of hydroxylamine groups is 3. The lowest BCUT2D eigenvalue weighted by molar-refractivity contribution is -0.141. The molecule has 3 saturated heterocycles. The van der Waals surface area contributed by atoms with E-state index in [9.17, 15) is 28.8 Å². The number of hydrogen-bond acceptors (Lipinski definition) is 9. The van der Waals surface area contributed by atoms with Gasteiger partial charge in [0.2, 0.25) is 0 Å². The summed E-state index contributed by atoms with van der Waals surface area (Å²) < 4.78 is 0. The lowest BCUT2D eigenvalue weighted by Gasteiger charge is -2.23. The first-order valence-electron chi connectivity index (χ1n) is 17.9. The highest BCUT2D eigenvalue weighted by Gasteiger charge is 2.41. The van der Waals surface area contributed by atoms with Crippen molar-refractivity contribution in [1.82, 2.24) is 31.1 Å². The fourth-order valence-corrected chi connectivity index (χ4v) is 6.68. The molecule has 3 N–H and O–H groups in total. The van der Waals surface area contributed by atoms with Gasteiger partial charge < -0.3 is 14.7 Å². The van der Waals surface area contributed by atoms with Crippen LogP contribution >= 0.6 is 0 Å². The van der Waals surface area contributed by atoms with E-state index in [4.69, 9.17) is 14.5 Å². The second kappa shape index (κ2) is 17.0. The summed E-state index contributed by atoms with van der Waals surface area (Å²) in [6, 6.07) is 3.45. The average Bonchev–Trinajstić information content (AvgIpc) is 3.60. The van der Waals surface area contributed by atoms with E-state index in [0.717, 1.165) is 0 Å². The topological polar surface area (TPSA) is 176 Å². The number of amides is 6. The first kappa shape index (κ1) is 39.7. The van der Waals surface area contributed by atoms with Crippen molar-refractivity contribution in [1.29, 1.82) is 0 Å². The van der Waals surface area contributed by atoms with E-state index in [-0.39, 0.29) is 70.3 Å². The quantitative estimate of drug-likeness (QED) is 0.231. The summed E-state index contributed by atoms with van der Waals surface area (Å²) in [4.78, 5) is 101. The lowest BCUT2D eigenvalue weighted by atomic mass is 10.0. The fourth-order valence-electron chi connectivity index (χ4n) is 6.68. The fraction of sp³-hybridized carbons (Fsp3) is 0.667. The normalized spacial score (nSPS) is 25.2. The number of carbonyl (C=O) groups excluding carboxylic acids is 6. The molecule has 51 heavy (non-hydrogen) atoms. The van der Waals surface area contributed by atoms with Crippen LogP contribution in [0.5, 0.6) is 0 Å². The van der Waals surface area contributed by atoms with E-state index in [1.54, 1.807) is 14.7 Å². The van der Waals surface area contributed by atoms with E-state index in [2.05, 4.69) is 16.4 Å². The summed E-state index contributed by atoms with van der Waals surface area (Å²) in [5, 5.41) is 0. The lowest BCUT2D eigenvalue weighted by Crippen LogP contribution is -2.39. The van der Waals surface area contributed by atoms with Crippen LogP contribution < -0.4 is 16.4 Å². The maximum atomic E-state index is 13.4. The molecule has 15 heteroatoms. The molecule has 3 unspecified atom stereocenters.